The molecule has 176 valence electrons. The number of carbonyl (C=O) groups excluding carboxylic acids is 2. The van der Waals surface area contributed by atoms with Crippen molar-refractivity contribution in [2.75, 3.05) is 18.5 Å². The van der Waals surface area contributed by atoms with Crippen LogP contribution in [0, 0.1) is 5.92 Å². The van der Waals surface area contributed by atoms with Gasteiger partial charge in [0.2, 0.25) is 15.9 Å². The van der Waals surface area contributed by atoms with E-state index in [0.29, 0.717) is 48.3 Å². The Bertz CT molecular complexity index is 1250. The van der Waals surface area contributed by atoms with E-state index >= 15 is 0 Å². The van der Waals surface area contributed by atoms with Gasteiger partial charge in [0, 0.05) is 38.2 Å². The van der Waals surface area contributed by atoms with E-state index in [1.54, 1.807) is 22.7 Å². The smallest absolute Gasteiger partial charge is 0.256 e. The van der Waals surface area contributed by atoms with Gasteiger partial charge in [0.05, 0.1) is 35.4 Å². The molecule has 11 heteroatoms. The Labute approximate surface area is 192 Å². The number of aryl methyl sites for hydroxylation is 1. The fourth-order valence-corrected chi connectivity index (χ4v) is 6.00. The summed E-state index contributed by atoms with van der Waals surface area (Å²) in [5.41, 5.74) is 2.16. The maximum absolute atomic E-state index is 13.4. The molecule has 3 heterocycles. The fraction of sp³-hybridized carbons (Fsp3) is 0.500. The van der Waals surface area contributed by atoms with Crippen LogP contribution in [0.4, 0.5) is 5.82 Å². The van der Waals surface area contributed by atoms with Crippen LogP contribution in [0.2, 0.25) is 0 Å². The first-order valence-corrected chi connectivity index (χ1v) is 12.5. The maximum Gasteiger partial charge on any atom is 0.256 e. The van der Waals surface area contributed by atoms with Crippen molar-refractivity contribution in [2.24, 2.45) is 13.0 Å². The zero-order chi connectivity index (χ0) is 23.5. The Hall–Kier alpha value is -2.76. The molecule has 1 aromatic heterocycles. The summed E-state index contributed by atoms with van der Waals surface area (Å²) >= 11 is 0. The summed E-state index contributed by atoms with van der Waals surface area (Å²) in [5.74, 6) is 0.337. The van der Waals surface area contributed by atoms with E-state index in [0.717, 1.165) is 12.8 Å². The average Bonchev–Trinajstić information content (AvgIpc) is 3.43. The van der Waals surface area contributed by atoms with Crippen LogP contribution in [0.3, 0.4) is 0 Å². The van der Waals surface area contributed by atoms with E-state index in [4.69, 9.17) is 4.74 Å². The lowest BCUT2D eigenvalue weighted by Gasteiger charge is -2.27. The highest BCUT2D eigenvalue weighted by Gasteiger charge is 2.42. The minimum absolute atomic E-state index is 0.0281. The molecule has 2 N–H and O–H groups in total. The number of benzene rings is 1. The third kappa shape index (κ3) is 4.04. The molecule has 0 spiro atoms. The van der Waals surface area contributed by atoms with Crippen LogP contribution in [-0.2, 0) is 33.1 Å². The number of aromatic nitrogens is 2. The zero-order valence-electron chi connectivity index (χ0n) is 18.8. The molecule has 3 aliphatic rings. The number of fused-ring (bicyclic) bond motifs is 1. The molecule has 0 bridgehead atoms. The first kappa shape index (κ1) is 22.1. The van der Waals surface area contributed by atoms with Gasteiger partial charge in [-0.05, 0) is 43.4 Å². The zero-order valence-corrected chi connectivity index (χ0v) is 19.6. The number of amides is 2. The topological polar surface area (TPSA) is 123 Å². The van der Waals surface area contributed by atoms with Gasteiger partial charge in [-0.1, -0.05) is 0 Å². The number of nitrogens with zero attached hydrogens (tertiary/aromatic N) is 3. The van der Waals surface area contributed by atoms with Crippen molar-refractivity contribution in [3.63, 3.8) is 0 Å². The quantitative estimate of drug-likeness (QED) is 0.628. The molecule has 0 radical (unpaired) electrons. The Kier molecular flexibility index (Phi) is 5.30. The Morgan fingerprint density at radius 3 is 2.58 bits per heavy atom. The van der Waals surface area contributed by atoms with Crippen LogP contribution in [0.15, 0.2) is 23.1 Å². The molecule has 2 fully saturated rings. The van der Waals surface area contributed by atoms with Gasteiger partial charge < -0.3 is 15.0 Å². The summed E-state index contributed by atoms with van der Waals surface area (Å²) in [7, 11) is -2.24. The SMILES string of the molecule is CC(=O)Nc1cc(-c2cc3c(c(S(=O)(=O)NC4COC4)c2)C(=O)N([C@@H](C)C2CC2)C3)n(C)n1. The second-order valence-electron chi connectivity index (χ2n) is 9.09. The van der Waals surface area contributed by atoms with Crippen molar-refractivity contribution in [1.82, 2.24) is 19.4 Å². The third-order valence-corrected chi connectivity index (χ3v) is 8.07. The lowest BCUT2D eigenvalue weighted by atomic mass is 10.0. The predicted octanol–water partition coefficient (Wildman–Crippen LogP) is 1.48. The van der Waals surface area contributed by atoms with E-state index in [2.05, 4.69) is 15.1 Å². The number of hydrogen-bond donors (Lipinski definition) is 2. The van der Waals surface area contributed by atoms with Crippen LogP contribution in [0.25, 0.3) is 11.3 Å². The molecule has 1 aromatic carbocycles. The number of hydrogen-bond acceptors (Lipinski definition) is 6. The minimum Gasteiger partial charge on any atom is -0.378 e. The predicted molar refractivity (Wildman–Crippen MR) is 120 cm³/mol. The fourth-order valence-electron chi connectivity index (χ4n) is 4.53. The number of nitrogens with one attached hydrogen (secondary N) is 2. The highest BCUT2D eigenvalue weighted by Crippen LogP contribution is 2.41. The Balaban J connectivity index is 1.60. The van der Waals surface area contributed by atoms with Crippen LogP contribution in [-0.4, -0.2) is 60.2 Å². The summed E-state index contributed by atoms with van der Waals surface area (Å²) in [6.07, 6.45) is 2.17. The summed E-state index contributed by atoms with van der Waals surface area (Å²) < 4.78 is 36.1. The second kappa shape index (κ2) is 7.93. The maximum atomic E-state index is 13.4. The molecule has 2 aromatic rings. The first-order chi connectivity index (χ1) is 15.6. The monoisotopic (exact) mass is 473 g/mol. The van der Waals surface area contributed by atoms with E-state index in [9.17, 15) is 18.0 Å². The van der Waals surface area contributed by atoms with Gasteiger partial charge in [0.25, 0.3) is 5.91 Å². The molecule has 2 amide bonds. The molecular formula is C22H27N5O5S. The van der Waals surface area contributed by atoms with E-state index in [-0.39, 0.29) is 34.4 Å². The van der Waals surface area contributed by atoms with Crippen molar-refractivity contribution >= 4 is 27.7 Å². The Morgan fingerprint density at radius 1 is 1.24 bits per heavy atom. The van der Waals surface area contributed by atoms with Gasteiger partial charge in [-0.15, -0.1) is 0 Å². The van der Waals surface area contributed by atoms with Gasteiger partial charge in [-0.25, -0.2) is 13.1 Å². The van der Waals surface area contributed by atoms with E-state index in [1.807, 2.05) is 13.0 Å². The summed E-state index contributed by atoms with van der Waals surface area (Å²) in [6.45, 7) is 4.40. The molecule has 5 rings (SSSR count). The molecule has 10 nitrogen and oxygen atoms in total. The standard InChI is InChI=1S/C22H27N5O5S/c1-12(14-4-5-14)27-9-16-6-15(18-8-20(23-13(2)28)24-26(18)3)7-19(21(16)22(27)29)33(30,31)25-17-10-32-11-17/h6-8,12,14,17,25H,4-5,9-11H2,1-3H3,(H,23,24,28)/t12-/m0/s1. The van der Waals surface area contributed by atoms with Crippen LogP contribution in [0.5, 0.6) is 0 Å². The number of rotatable bonds is 7. The van der Waals surface area contributed by atoms with Crippen LogP contribution in [0.1, 0.15) is 42.6 Å². The summed E-state index contributed by atoms with van der Waals surface area (Å²) in [5, 5.41) is 6.94. The number of sulfonamides is 1. The molecule has 1 saturated heterocycles. The van der Waals surface area contributed by atoms with Crippen molar-refractivity contribution < 1.29 is 22.7 Å². The van der Waals surface area contributed by atoms with Crippen molar-refractivity contribution in [3.8, 4) is 11.3 Å². The largest absolute Gasteiger partial charge is 0.378 e. The minimum atomic E-state index is -3.96. The van der Waals surface area contributed by atoms with Gasteiger partial charge in [-0.3, -0.25) is 14.3 Å². The van der Waals surface area contributed by atoms with Gasteiger partial charge >= 0.3 is 0 Å². The molecule has 1 saturated carbocycles. The lowest BCUT2D eigenvalue weighted by molar-refractivity contribution is -0.114. The summed E-state index contributed by atoms with van der Waals surface area (Å²) in [4.78, 5) is 26.6. The van der Waals surface area contributed by atoms with Crippen LogP contribution < -0.4 is 10.0 Å². The number of anilines is 1. The second-order valence-corrected chi connectivity index (χ2v) is 10.8. The highest BCUT2D eigenvalue weighted by atomic mass is 32.2. The Morgan fingerprint density at radius 2 is 1.97 bits per heavy atom. The molecule has 0 unspecified atom stereocenters. The number of carbonyl (C=O) groups is 2. The highest BCUT2D eigenvalue weighted by molar-refractivity contribution is 7.89. The number of ether oxygens (including phenoxy) is 1. The van der Waals surface area contributed by atoms with Gasteiger partial charge in [-0.2, -0.15) is 5.10 Å². The molecule has 33 heavy (non-hydrogen) atoms. The van der Waals surface area contributed by atoms with E-state index in [1.165, 1.54) is 13.0 Å². The summed E-state index contributed by atoms with van der Waals surface area (Å²) in [6, 6.07) is 4.81. The van der Waals surface area contributed by atoms with Crippen molar-refractivity contribution in [2.45, 2.75) is 50.2 Å². The van der Waals surface area contributed by atoms with Gasteiger partial charge in [0.1, 0.15) is 0 Å². The van der Waals surface area contributed by atoms with Crippen molar-refractivity contribution in [1.29, 1.82) is 0 Å². The average molecular weight is 474 g/mol. The third-order valence-electron chi connectivity index (χ3n) is 6.52. The lowest BCUT2D eigenvalue weighted by Crippen LogP contribution is -2.48. The molecule has 1 atom stereocenters. The molecule has 1 aliphatic carbocycles. The first-order valence-electron chi connectivity index (χ1n) is 11.0. The van der Waals surface area contributed by atoms with Crippen molar-refractivity contribution in [3.05, 3.63) is 29.3 Å². The molecule has 2 aliphatic heterocycles. The normalized spacial score (nSPS) is 19.4. The van der Waals surface area contributed by atoms with E-state index < -0.39 is 10.0 Å². The van der Waals surface area contributed by atoms with Gasteiger partial charge in [0.15, 0.2) is 5.82 Å². The molecular weight excluding hydrogens is 446 g/mol. The van der Waals surface area contributed by atoms with Crippen LogP contribution >= 0.6 is 0 Å².